The van der Waals surface area contributed by atoms with Crippen LogP contribution in [0.25, 0.3) is 0 Å². The summed E-state index contributed by atoms with van der Waals surface area (Å²) < 4.78 is 18.6. The Balaban J connectivity index is 1.68. The molecule has 0 aromatic heterocycles. The summed E-state index contributed by atoms with van der Waals surface area (Å²) >= 11 is 4.50. The quantitative estimate of drug-likeness (QED) is 0.549. The Kier molecular flexibility index (Phi) is 7.27. The lowest BCUT2D eigenvalue weighted by Gasteiger charge is -2.10. The largest absolute Gasteiger partial charge is 0.483 e. The second-order valence-electron chi connectivity index (χ2n) is 5.06. The molecule has 5 nitrogen and oxygen atoms in total. The fraction of sp³-hybridized carbons (Fsp3) is 0.176. The summed E-state index contributed by atoms with van der Waals surface area (Å²) in [6.07, 6.45) is 0. The number of ether oxygens (including phenoxy) is 1. The molecule has 8 heteroatoms. The van der Waals surface area contributed by atoms with E-state index in [0.29, 0.717) is 10.2 Å². The summed E-state index contributed by atoms with van der Waals surface area (Å²) in [7, 11) is 0. The van der Waals surface area contributed by atoms with Crippen molar-refractivity contribution < 1.29 is 18.7 Å². The van der Waals surface area contributed by atoms with Crippen molar-refractivity contribution in [2.24, 2.45) is 0 Å². The van der Waals surface area contributed by atoms with Gasteiger partial charge in [0.05, 0.1) is 10.2 Å². The van der Waals surface area contributed by atoms with Crippen LogP contribution in [0.1, 0.15) is 5.56 Å². The molecule has 0 unspecified atom stereocenters. The highest BCUT2D eigenvalue weighted by Gasteiger charge is 2.08. The van der Waals surface area contributed by atoms with Crippen LogP contribution < -0.4 is 15.6 Å². The molecule has 2 aromatic rings. The average Bonchev–Trinajstić information content (AvgIpc) is 2.58. The summed E-state index contributed by atoms with van der Waals surface area (Å²) in [6.45, 7) is 1.68. The first-order valence-corrected chi connectivity index (χ1v) is 9.07. The van der Waals surface area contributed by atoms with E-state index < -0.39 is 11.7 Å². The zero-order valence-corrected chi connectivity index (χ0v) is 15.7. The first-order chi connectivity index (χ1) is 11.9. The number of benzene rings is 2. The molecule has 0 radical (unpaired) electrons. The normalized spacial score (nSPS) is 10.2. The highest BCUT2D eigenvalue weighted by Crippen LogP contribution is 2.25. The van der Waals surface area contributed by atoms with Crippen molar-refractivity contribution in [2.45, 2.75) is 11.8 Å². The van der Waals surface area contributed by atoms with Crippen LogP contribution in [-0.2, 0) is 9.59 Å². The Morgan fingerprint density at radius 1 is 1.12 bits per heavy atom. The standard InChI is InChI=1S/C17H16BrFN2O3S/c1-11-2-5-13(6-3-11)25-10-17(23)21-20-16(22)9-24-15-7-4-12(19)8-14(15)18/h2-8H,9-10H2,1H3,(H,20,22)(H,21,23). The molecule has 0 saturated carbocycles. The van der Waals surface area contributed by atoms with E-state index in [-0.39, 0.29) is 18.3 Å². The van der Waals surface area contributed by atoms with Gasteiger partial charge in [-0.25, -0.2) is 4.39 Å². The van der Waals surface area contributed by atoms with Crippen molar-refractivity contribution >= 4 is 39.5 Å². The van der Waals surface area contributed by atoms with E-state index in [9.17, 15) is 14.0 Å². The van der Waals surface area contributed by atoms with E-state index in [1.807, 2.05) is 31.2 Å². The predicted octanol–water partition coefficient (Wildman–Crippen LogP) is 3.22. The number of hydrogen-bond acceptors (Lipinski definition) is 4. The molecule has 0 bridgehead atoms. The van der Waals surface area contributed by atoms with Gasteiger partial charge in [-0.15, -0.1) is 11.8 Å². The number of carbonyl (C=O) groups excluding carboxylic acids is 2. The van der Waals surface area contributed by atoms with Crippen LogP contribution >= 0.6 is 27.7 Å². The predicted molar refractivity (Wildman–Crippen MR) is 97.8 cm³/mol. The van der Waals surface area contributed by atoms with Crippen molar-refractivity contribution in [1.82, 2.24) is 10.9 Å². The molecule has 2 amide bonds. The lowest BCUT2D eigenvalue weighted by atomic mass is 10.2. The number of amides is 2. The second-order valence-corrected chi connectivity index (χ2v) is 6.96. The maximum absolute atomic E-state index is 13.0. The molecule has 0 aliphatic carbocycles. The van der Waals surface area contributed by atoms with Gasteiger partial charge < -0.3 is 4.74 Å². The van der Waals surface area contributed by atoms with Crippen LogP contribution in [0, 0.1) is 12.7 Å². The van der Waals surface area contributed by atoms with Crippen LogP contribution in [0.4, 0.5) is 4.39 Å². The molecule has 0 spiro atoms. The van der Waals surface area contributed by atoms with Gasteiger partial charge >= 0.3 is 0 Å². The van der Waals surface area contributed by atoms with Gasteiger partial charge in [0.15, 0.2) is 6.61 Å². The lowest BCUT2D eigenvalue weighted by Crippen LogP contribution is -2.44. The molecule has 0 aliphatic heterocycles. The molecular formula is C17H16BrFN2O3S. The monoisotopic (exact) mass is 426 g/mol. The Bertz CT molecular complexity index is 756. The number of hydrogen-bond donors (Lipinski definition) is 2. The summed E-state index contributed by atoms with van der Waals surface area (Å²) in [6, 6.07) is 11.7. The Hall–Kier alpha value is -2.06. The summed E-state index contributed by atoms with van der Waals surface area (Å²) in [5, 5.41) is 0. The first-order valence-electron chi connectivity index (χ1n) is 7.29. The summed E-state index contributed by atoms with van der Waals surface area (Å²) in [4.78, 5) is 24.3. The molecule has 2 rings (SSSR count). The van der Waals surface area contributed by atoms with E-state index in [1.165, 1.54) is 30.0 Å². The Morgan fingerprint density at radius 2 is 1.80 bits per heavy atom. The van der Waals surface area contributed by atoms with Crippen molar-refractivity contribution in [1.29, 1.82) is 0 Å². The van der Waals surface area contributed by atoms with E-state index in [1.54, 1.807) is 0 Å². The van der Waals surface area contributed by atoms with Gasteiger partial charge in [0.1, 0.15) is 11.6 Å². The number of hydrazine groups is 1. The topological polar surface area (TPSA) is 67.4 Å². The Morgan fingerprint density at radius 3 is 2.48 bits per heavy atom. The number of aryl methyl sites for hydroxylation is 1. The Labute approximate surface area is 157 Å². The highest BCUT2D eigenvalue weighted by atomic mass is 79.9. The molecule has 0 fully saturated rings. The number of nitrogens with one attached hydrogen (secondary N) is 2. The van der Waals surface area contributed by atoms with Gasteiger partial charge in [0, 0.05) is 4.90 Å². The van der Waals surface area contributed by atoms with Crippen molar-refractivity contribution in [2.75, 3.05) is 12.4 Å². The summed E-state index contributed by atoms with van der Waals surface area (Å²) in [5.74, 6) is -0.764. The van der Waals surface area contributed by atoms with Crippen LogP contribution in [0.15, 0.2) is 51.8 Å². The fourth-order valence-corrected chi connectivity index (χ4v) is 2.89. The minimum absolute atomic E-state index is 0.174. The average molecular weight is 427 g/mol. The third-order valence-electron chi connectivity index (χ3n) is 2.98. The highest BCUT2D eigenvalue weighted by molar-refractivity contribution is 9.10. The first kappa shape index (κ1) is 19.3. The maximum atomic E-state index is 13.0. The molecule has 0 aliphatic rings. The molecule has 0 heterocycles. The maximum Gasteiger partial charge on any atom is 0.276 e. The fourth-order valence-electron chi connectivity index (χ4n) is 1.73. The van der Waals surface area contributed by atoms with Crippen LogP contribution in [-0.4, -0.2) is 24.2 Å². The zero-order chi connectivity index (χ0) is 18.2. The lowest BCUT2D eigenvalue weighted by molar-refractivity contribution is -0.128. The molecule has 2 aromatic carbocycles. The van der Waals surface area contributed by atoms with Crippen LogP contribution in [0.2, 0.25) is 0 Å². The second kappa shape index (κ2) is 9.43. The number of thioether (sulfide) groups is 1. The van der Waals surface area contributed by atoms with Gasteiger partial charge in [0.2, 0.25) is 5.91 Å². The zero-order valence-electron chi connectivity index (χ0n) is 13.3. The van der Waals surface area contributed by atoms with Gasteiger partial charge in [-0.3, -0.25) is 20.4 Å². The van der Waals surface area contributed by atoms with Crippen LogP contribution in [0.3, 0.4) is 0 Å². The number of carbonyl (C=O) groups is 2. The van der Waals surface area contributed by atoms with Crippen molar-refractivity contribution in [3.05, 3.63) is 58.3 Å². The number of halogens is 2. The van der Waals surface area contributed by atoms with Gasteiger partial charge in [-0.1, -0.05) is 17.7 Å². The third kappa shape index (κ3) is 6.75. The van der Waals surface area contributed by atoms with Gasteiger partial charge in [-0.05, 0) is 53.2 Å². The van der Waals surface area contributed by atoms with Crippen LogP contribution in [0.5, 0.6) is 5.75 Å². The molecule has 25 heavy (non-hydrogen) atoms. The van der Waals surface area contributed by atoms with E-state index in [2.05, 4.69) is 26.8 Å². The molecule has 0 saturated heterocycles. The van der Waals surface area contributed by atoms with E-state index in [0.717, 1.165) is 10.5 Å². The summed E-state index contributed by atoms with van der Waals surface area (Å²) in [5.41, 5.74) is 5.72. The smallest absolute Gasteiger partial charge is 0.276 e. The van der Waals surface area contributed by atoms with E-state index >= 15 is 0 Å². The van der Waals surface area contributed by atoms with E-state index in [4.69, 9.17) is 4.74 Å². The molecule has 2 N–H and O–H groups in total. The third-order valence-corrected chi connectivity index (χ3v) is 4.62. The number of rotatable bonds is 6. The minimum Gasteiger partial charge on any atom is -0.483 e. The van der Waals surface area contributed by atoms with Gasteiger partial charge in [0.25, 0.3) is 5.91 Å². The minimum atomic E-state index is -0.523. The SMILES string of the molecule is Cc1ccc(SCC(=O)NNC(=O)COc2ccc(F)cc2Br)cc1. The van der Waals surface area contributed by atoms with Crippen molar-refractivity contribution in [3.8, 4) is 5.75 Å². The molecule has 132 valence electrons. The van der Waals surface area contributed by atoms with Gasteiger partial charge in [-0.2, -0.15) is 0 Å². The van der Waals surface area contributed by atoms with Crippen molar-refractivity contribution in [3.63, 3.8) is 0 Å². The molecular weight excluding hydrogens is 411 g/mol. The molecule has 0 atom stereocenters.